The Morgan fingerprint density at radius 3 is 2.14 bits per heavy atom. The van der Waals surface area contributed by atoms with Crippen LogP contribution in [0.15, 0.2) is 17.0 Å². The van der Waals surface area contributed by atoms with Gasteiger partial charge in [-0.2, -0.15) is 0 Å². The molecule has 0 aromatic heterocycles. The Kier molecular flexibility index (Phi) is 5.03. The predicted molar refractivity (Wildman–Crippen MR) is 89.1 cm³/mol. The lowest BCUT2D eigenvalue weighted by molar-refractivity contribution is 0.269. The summed E-state index contributed by atoms with van der Waals surface area (Å²) in [5.74, 6) is 0. The third-order valence-electron chi connectivity index (χ3n) is 3.05. The van der Waals surface area contributed by atoms with Gasteiger partial charge in [-0.25, -0.2) is 13.1 Å². The zero-order valence-corrected chi connectivity index (χ0v) is 15.1. The number of sulfonamides is 1. The summed E-state index contributed by atoms with van der Waals surface area (Å²) in [6.45, 7) is 11.7. The Morgan fingerprint density at radius 1 is 1.19 bits per heavy atom. The topological polar surface area (TPSA) is 72.2 Å². The van der Waals surface area contributed by atoms with Crippen LogP contribution < -0.4 is 10.5 Å². The van der Waals surface area contributed by atoms with E-state index in [4.69, 9.17) is 17.3 Å². The van der Waals surface area contributed by atoms with Gasteiger partial charge in [0, 0.05) is 16.2 Å². The average Bonchev–Trinajstić information content (AvgIpc) is 2.19. The first-order valence-corrected chi connectivity index (χ1v) is 8.69. The summed E-state index contributed by atoms with van der Waals surface area (Å²) in [5.41, 5.74) is 6.31. The maximum absolute atomic E-state index is 12.5. The first kappa shape index (κ1) is 18.3. The van der Waals surface area contributed by atoms with E-state index in [1.165, 1.54) is 12.1 Å². The molecule has 1 aromatic carbocycles. The van der Waals surface area contributed by atoms with Crippen molar-refractivity contribution in [3.8, 4) is 0 Å². The van der Waals surface area contributed by atoms with E-state index in [9.17, 15) is 8.42 Å². The van der Waals surface area contributed by atoms with Gasteiger partial charge >= 0.3 is 0 Å². The SMILES string of the molecule is Cc1c(N)cc(S(=O)(=O)NC(C)(C)CC(C)(C)C)cc1Cl. The van der Waals surface area contributed by atoms with Gasteiger partial charge in [-0.3, -0.25) is 0 Å². The van der Waals surface area contributed by atoms with Crippen molar-refractivity contribution in [2.75, 3.05) is 5.73 Å². The molecule has 120 valence electrons. The molecule has 1 rings (SSSR count). The molecule has 0 aliphatic heterocycles. The number of rotatable bonds is 4. The first-order chi connectivity index (χ1) is 9.23. The molecule has 21 heavy (non-hydrogen) atoms. The highest BCUT2D eigenvalue weighted by Crippen LogP contribution is 2.30. The van der Waals surface area contributed by atoms with Gasteiger partial charge in [-0.05, 0) is 50.3 Å². The molecule has 0 saturated heterocycles. The van der Waals surface area contributed by atoms with Gasteiger partial charge in [0.15, 0.2) is 0 Å². The van der Waals surface area contributed by atoms with Crippen LogP contribution in [0.1, 0.15) is 46.6 Å². The Bertz CT molecular complexity index is 609. The Labute approximate surface area is 133 Å². The van der Waals surface area contributed by atoms with Crippen molar-refractivity contribution in [2.24, 2.45) is 5.41 Å². The largest absolute Gasteiger partial charge is 0.398 e. The van der Waals surface area contributed by atoms with Crippen molar-refractivity contribution in [2.45, 2.75) is 58.4 Å². The van der Waals surface area contributed by atoms with Crippen LogP contribution in [-0.2, 0) is 10.0 Å². The quantitative estimate of drug-likeness (QED) is 0.825. The van der Waals surface area contributed by atoms with Crippen LogP contribution >= 0.6 is 11.6 Å². The minimum absolute atomic E-state index is 0.00989. The Balaban J connectivity index is 3.13. The molecule has 0 heterocycles. The van der Waals surface area contributed by atoms with Gasteiger partial charge in [-0.15, -0.1) is 0 Å². The van der Waals surface area contributed by atoms with E-state index in [0.717, 1.165) is 0 Å². The van der Waals surface area contributed by atoms with E-state index < -0.39 is 15.6 Å². The monoisotopic (exact) mass is 332 g/mol. The zero-order chi connectivity index (χ0) is 16.6. The maximum Gasteiger partial charge on any atom is 0.241 e. The molecular formula is C15H25ClN2O2S. The van der Waals surface area contributed by atoms with Crippen molar-refractivity contribution in [1.29, 1.82) is 0 Å². The Hall–Kier alpha value is -0.780. The maximum atomic E-state index is 12.5. The van der Waals surface area contributed by atoms with E-state index in [1.807, 2.05) is 13.8 Å². The predicted octanol–water partition coefficient (Wildman–Crippen LogP) is 3.72. The van der Waals surface area contributed by atoms with Gasteiger partial charge in [-0.1, -0.05) is 32.4 Å². The molecule has 0 atom stereocenters. The van der Waals surface area contributed by atoms with Crippen molar-refractivity contribution >= 4 is 27.3 Å². The first-order valence-electron chi connectivity index (χ1n) is 6.83. The zero-order valence-electron chi connectivity index (χ0n) is 13.5. The van der Waals surface area contributed by atoms with E-state index in [1.54, 1.807) is 6.92 Å². The molecule has 0 saturated carbocycles. The summed E-state index contributed by atoms with van der Waals surface area (Å²) in [6, 6.07) is 2.87. The summed E-state index contributed by atoms with van der Waals surface area (Å²) in [4.78, 5) is 0.0950. The molecular weight excluding hydrogens is 308 g/mol. The highest BCUT2D eigenvalue weighted by molar-refractivity contribution is 7.89. The molecule has 0 aliphatic carbocycles. The summed E-state index contributed by atoms with van der Waals surface area (Å²) < 4.78 is 27.8. The molecule has 0 fully saturated rings. The summed E-state index contributed by atoms with van der Waals surface area (Å²) in [5, 5.41) is 0.351. The van der Waals surface area contributed by atoms with Crippen molar-refractivity contribution in [3.63, 3.8) is 0 Å². The van der Waals surface area contributed by atoms with Crippen LogP contribution in [0.25, 0.3) is 0 Å². The summed E-state index contributed by atoms with van der Waals surface area (Å²) in [6.07, 6.45) is 0.703. The fraction of sp³-hybridized carbons (Fsp3) is 0.600. The van der Waals surface area contributed by atoms with Gasteiger partial charge in [0.05, 0.1) is 4.90 Å². The van der Waals surface area contributed by atoms with Crippen LogP contribution in [0.3, 0.4) is 0 Å². The standard InChI is InChI=1S/C15H25ClN2O2S/c1-10-12(16)7-11(8-13(10)17)21(19,20)18-15(5,6)9-14(2,3)4/h7-8,18H,9,17H2,1-6H3. The normalized spacial score (nSPS) is 13.5. The van der Waals surface area contributed by atoms with Gasteiger partial charge in [0.25, 0.3) is 0 Å². The lowest BCUT2D eigenvalue weighted by Crippen LogP contribution is -2.45. The molecule has 0 radical (unpaired) electrons. The number of benzene rings is 1. The number of hydrogen-bond acceptors (Lipinski definition) is 3. The number of hydrogen-bond donors (Lipinski definition) is 2. The van der Waals surface area contributed by atoms with Gasteiger partial charge in [0.1, 0.15) is 0 Å². The minimum Gasteiger partial charge on any atom is -0.398 e. The third-order valence-corrected chi connectivity index (χ3v) is 5.12. The molecule has 1 aromatic rings. The third kappa shape index (κ3) is 5.16. The van der Waals surface area contributed by atoms with Crippen molar-refractivity contribution in [1.82, 2.24) is 4.72 Å². The van der Waals surface area contributed by atoms with E-state index in [2.05, 4.69) is 25.5 Å². The number of halogens is 1. The second kappa shape index (κ2) is 5.78. The van der Waals surface area contributed by atoms with Crippen LogP contribution in [-0.4, -0.2) is 14.0 Å². The number of nitrogens with one attached hydrogen (secondary N) is 1. The van der Waals surface area contributed by atoms with Crippen molar-refractivity contribution < 1.29 is 8.42 Å². The molecule has 0 unspecified atom stereocenters. The molecule has 4 nitrogen and oxygen atoms in total. The molecule has 0 amide bonds. The fourth-order valence-electron chi connectivity index (χ4n) is 2.61. The summed E-state index contributed by atoms with van der Waals surface area (Å²) >= 11 is 6.03. The van der Waals surface area contributed by atoms with Crippen LogP contribution in [0.4, 0.5) is 5.69 Å². The molecule has 6 heteroatoms. The van der Waals surface area contributed by atoms with Crippen LogP contribution in [0, 0.1) is 12.3 Å². The second-order valence-electron chi connectivity index (χ2n) is 7.35. The lowest BCUT2D eigenvalue weighted by Gasteiger charge is -2.33. The molecule has 0 aliphatic rings. The van der Waals surface area contributed by atoms with Crippen LogP contribution in [0.5, 0.6) is 0 Å². The van der Waals surface area contributed by atoms with Gasteiger partial charge < -0.3 is 5.73 Å². The second-order valence-corrected chi connectivity index (χ2v) is 9.44. The lowest BCUT2D eigenvalue weighted by atomic mass is 9.82. The van der Waals surface area contributed by atoms with Crippen LogP contribution in [0.2, 0.25) is 5.02 Å². The number of nitrogen functional groups attached to an aromatic ring is 1. The highest BCUT2D eigenvalue weighted by atomic mass is 35.5. The van der Waals surface area contributed by atoms with E-state index >= 15 is 0 Å². The van der Waals surface area contributed by atoms with Crippen molar-refractivity contribution in [3.05, 3.63) is 22.7 Å². The number of nitrogens with two attached hydrogens (primary N) is 1. The molecule has 3 N–H and O–H groups in total. The smallest absolute Gasteiger partial charge is 0.241 e. The minimum atomic E-state index is -3.67. The average molecular weight is 333 g/mol. The van der Waals surface area contributed by atoms with Gasteiger partial charge in [0.2, 0.25) is 10.0 Å². The molecule has 0 spiro atoms. The number of anilines is 1. The summed E-state index contributed by atoms with van der Waals surface area (Å²) in [7, 11) is -3.67. The Morgan fingerprint density at radius 2 is 1.71 bits per heavy atom. The molecule has 0 bridgehead atoms. The highest BCUT2D eigenvalue weighted by Gasteiger charge is 2.31. The fourth-order valence-corrected chi connectivity index (χ4v) is 4.38. The van der Waals surface area contributed by atoms with E-state index in [0.29, 0.717) is 22.7 Å². The van der Waals surface area contributed by atoms with E-state index in [-0.39, 0.29) is 10.3 Å².